The van der Waals surface area contributed by atoms with Gasteiger partial charge in [0.2, 0.25) is 0 Å². The van der Waals surface area contributed by atoms with Crippen molar-refractivity contribution in [3.8, 4) is 0 Å². The third-order valence-electron chi connectivity index (χ3n) is 2.45. The Morgan fingerprint density at radius 2 is 2.11 bits per heavy atom. The number of aliphatic hydroxyl groups is 2. The lowest BCUT2D eigenvalue weighted by Crippen LogP contribution is -2.24. The molecule has 1 aromatic rings. The van der Waals surface area contributed by atoms with Crippen LogP contribution in [0.2, 0.25) is 0 Å². The van der Waals surface area contributed by atoms with E-state index in [0.29, 0.717) is 0 Å². The smallest absolute Gasteiger partial charge is 0.336 e. The SMILES string of the molecule is CCOC(=O)CC(O)C(O)c1cnccc1C(=O)O. The van der Waals surface area contributed by atoms with Crippen LogP contribution in [0, 0.1) is 0 Å². The van der Waals surface area contributed by atoms with Gasteiger partial charge in [0.25, 0.3) is 0 Å². The number of carboxylic acid groups (broad SMARTS) is 1. The quantitative estimate of drug-likeness (QED) is 0.628. The minimum absolute atomic E-state index is 0.0493. The molecule has 7 heteroatoms. The third-order valence-corrected chi connectivity index (χ3v) is 2.45. The summed E-state index contributed by atoms with van der Waals surface area (Å²) in [5.41, 5.74) is -0.225. The van der Waals surface area contributed by atoms with Crippen molar-refractivity contribution in [3.63, 3.8) is 0 Å². The van der Waals surface area contributed by atoms with Crippen molar-refractivity contribution in [3.05, 3.63) is 29.6 Å². The number of hydrogen-bond donors (Lipinski definition) is 3. The molecule has 7 nitrogen and oxygen atoms in total. The van der Waals surface area contributed by atoms with Crippen LogP contribution in [0.4, 0.5) is 0 Å². The van der Waals surface area contributed by atoms with Crippen molar-refractivity contribution < 1.29 is 29.6 Å². The second kappa shape index (κ2) is 6.81. The highest BCUT2D eigenvalue weighted by Gasteiger charge is 2.26. The number of ether oxygens (including phenoxy) is 1. The lowest BCUT2D eigenvalue weighted by atomic mass is 9.99. The highest BCUT2D eigenvalue weighted by molar-refractivity contribution is 5.89. The van der Waals surface area contributed by atoms with E-state index in [1.165, 1.54) is 12.3 Å². The van der Waals surface area contributed by atoms with Crippen LogP contribution in [0.5, 0.6) is 0 Å². The molecule has 0 aliphatic rings. The molecular formula is C12H15NO6. The molecule has 1 rings (SSSR count). The Kier molecular flexibility index (Phi) is 5.40. The Morgan fingerprint density at radius 3 is 2.68 bits per heavy atom. The maximum Gasteiger partial charge on any atom is 0.336 e. The molecule has 0 saturated heterocycles. The molecule has 0 spiro atoms. The van der Waals surface area contributed by atoms with Crippen LogP contribution in [-0.2, 0) is 9.53 Å². The predicted molar refractivity (Wildman–Crippen MR) is 63.4 cm³/mol. The Morgan fingerprint density at radius 1 is 1.42 bits per heavy atom. The summed E-state index contributed by atoms with van der Waals surface area (Å²) in [4.78, 5) is 25.8. The average molecular weight is 269 g/mol. The number of carboxylic acids is 1. The number of esters is 1. The minimum atomic E-state index is -1.52. The normalized spacial score (nSPS) is 13.6. The van der Waals surface area contributed by atoms with Crippen LogP contribution < -0.4 is 0 Å². The second-order valence-electron chi connectivity index (χ2n) is 3.79. The van der Waals surface area contributed by atoms with Gasteiger partial charge in [-0.3, -0.25) is 9.78 Å². The third kappa shape index (κ3) is 4.01. The van der Waals surface area contributed by atoms with E-state index in [9.17, 15) is 19.8 Å². The number of aromatic nitrogens is 1. The fourth-order valence-corrected chi connectivity index (χ4v) is 1.55. The van der Waals surface area contributed by atoms with Gasteiger partial charge in [-0.1, -0.05) is 0 Å². The maximum absolute atomic E-state index is 11.2. The summed E-state index contributed by atoms with van der Waals surface area (Å²) in [7, 11) is 0. The van der Waals surface area contributed by atoms with Crippen molar-refractivity contribution in [1.29, 1.82) is 0 Å². The number of rotatable bonds is 6. The lowest BCUT2D eigenvalue weighted by molar-refractivity contribution is -0.147. The summed E-state index contributed by atoms with van der Waals surface area (Å²) < 4.78 is 4.63. The summed E-state index contributed by atoms with van der Waals surface area (Å²) in [5.74, 6) is -1.92. The highest BCUT2D eigenvalue weighted by Crippen LogP contribution is 2.22. The highest BCUT2D eigenvalue weighted by atomic mass is 16.5. The van der Waals surface area contributed by atoms with E-state index >= 15 is 0 Å². The van der Waals surface area contributed by atoms with Crippen molar-refractivity contribution in [1.82, 2.24) is 4.98 Å². The summed E-state index contributed by atoms with van der Waals surface area (Å²) >= 11 is 0. The molecule has 104 valence electrons. The van der Waals surface area contributed by atoms with Gasteiger partial charge in [0.1, 0.15) is 6.10 Å². The standard InChI is InChI=1S/C12H15NO6/c1-2-19-10(15)5-9(14)11(16)8-6-13-4-3-7(8)12(17)18/h3-4,6,9,11,14,16H,2,5H2,1H3,(H,17,18). The molecule has 0 aromatic carbocycles. The molecule has 1 aromatic heterocycles. The van der Waals surface area contributed by atoms with E-state index in [2.05, 4.69) is 9.72 Å². The first kappa shape index (κ1) is 15.1. The molecule has 2 atom stereocenters. The van der Waals surface area contributed by atoms with Gasteiger partial charge >= 0.3 is 11.9 Å². The summed E-state index contributed by atoms with van der Waals surface area (Å²) in [6.45, 7) is 1.78. The molecule has 0 bridgehead atoms. The number of pyridine rings is 1. The maximum atomic E-state index is 11.2. The molecule has 3 N–H and O–H groups in total. The van der Waals surface area contributed by atoms with Gasteiger partial charge in [0, 0.05) is 18.0 Å². The van der Waals surface area contributed by atoms with Crippen molar-refractivity contribution >= 4 is 11.9 Å². The molecule has 0 aliphatic carbocycles. The lowest BCUT2D eigenvalue weighted by Gasteiger charge is -2.18. The Balaban J connectivity index is 2.85. The first-order chi connectivity index (χ1) is 8.97. The minimum Gasteiger partial charge on any atom is -0.478 e. The van der Waals surface area contributed by atoms with E-state index in [4.69, 9.17) is 5.11 Å². The van der Waals surface area contributed by atoms with Crippen LogP contribution in [0.15, 0.2) is 18.5 Å². The molecule has 0 aliphatic heterocycles. The van der Waals surface area contributed by atoms with Crippen LogP contribution in [-0.4, -0.2) is 45.0 Å². The zero-order chi connectivity index (χ0) is 14.4. The summed E-state index contributed by atoms with van der Waals surface area (Å²) in [6.07, 6.45) is -1.01. The second-order valence-corrected chi connectivity index (χ2v) is 3.79. The van der Waals surface area contributed by atoms with Crippen LogP contribution in [0.1, 0.15) is 35.4 Å². The first-order valence-corrected chi connectivity index (χ1v) is 5.66. The molecule has 0 saturated carbocycles. The van der Waals surface area contributed by atoms with Gasteiger partial charge in [-0.25, -0.2) is 4.79 Å². The van der Waals surface area contributed by atoms with E-state index in [1.54, 1.807) is 6.92 Å². The molecule has 1 heterocycles. The number of carbonyl (C=O) groups excluding carboxylic acids is 1. The largest absolute Gasteiger partial charge is 0.478 e. The molecule has 0 amide bonds. The molecule has 2 unspecified atom stereocenters. The number of carbonyl (C=O) groups is 2. The monoisotopic (exact) mass is 269 g/mol. The van der Waals surface area contributed by atoms with Crippen LogP contribution in [0.25, 0.3) is 0 Å². The fourth-order valence-electron chi connectivity index (χ4n) is 1.55. The van der Waals surface area contributed by atoms with Gasteiger partial charge in [-0.15, -0.1) is 0 Å². The Labute approximate surface area is 109 Å². The molecular weight excluding hydrogens is 254 g/mol. The average Bonchev–Trinajstić information content (AvgIpc) is 2.37. The van der Waals surface area contributed by atoms with Crippen LogP contribution in [0.3, 0.4) is 0 Å². The van der Waals surface area contributed by atoms with E-state index in [1.807, 2.05) is 0 Å². The van der Waals surface area contributed by atoms with Gasteiger partial charge in [0.05, 0.1) is 24.7 Å². The molecule has 0 fully saturated rings. The van der Waals surface area contributed by atoms with Gasteiger partial charge in [0.15, 0.2) is 0 Å². The summed E-state index contributed by atoms with van der Waals surface area (Å²) in [5, 5.41) is 28.5. The van der Waals surface area contributed by atoms with E-state index in [0.717, 1.165) is 6.20 Å². The molecule has 19 heavy (non-hydrogen) atoms. The number of nitrogens with zero attached hydrogens (tertiary/aromatic N) is 1. The predicted octanol–water partition coefficient (Wildman–Crippen LogP) is 0.127. The first-order valence-electron chi connectivity index (χ1n) is 5.66. The van der Waals surface area contributed by atoms with E-state index in [-0.39, 0.29) is 17.7 Å². The van der Waals surface area contributed by atoms with Gasteiger partial charge < -0.3 is 20.1 Å². The number of aromatic carboxylic acids is 1. The van der Waals surface area contributed by atoms with Crippen molar-refractivity contribution in [2.24, 2.45) is 0 Å². The number of hydrogen-bond acceptors (Lipinski definition) is 6. The Hall–Kier alpha value is -1.99. The topological polar surface area (TPSA) is 117 Å². The summed E-state index contributed by atoms with van der Waals surface area (Å²) in [6, 6.07) is 1.21. The van der Waals surface area contributed by atoms with Crippen molar-refractivity contribution in [2.75, 3.05) is 6.61 Å². The fraction of sp³-hybridized carbons (Fsp3) is 0.417. The van der Waals surface area contributed by atoms with E-state index < -0.39 is 30.6 Å². The van der Waals surface area contributed by atoms with Crippen LogP contribution >= 0.6 is 0 Å². The molecule has 0 radical (unpaired) electrons. The van der Waals surface area contributed by atoms with Gasteiger partial charge in [-0.2, -0.15) is 0 Å². The number of aliphatic hydroxyl groups excluding tert-OH is 2. The van der Waals surface area contributed by atoms with Gasteiger partial charge in [-0.05, 0) is 13.0 Å². The zero-order valence-corrected chi connectivity index (χ0v) is 10.3. The zero-order valence-electron chi connectivity index (χ0n) is 10.3. The van der Waals surface area contributed by atoms with Crippen molar-refractivity contribution in [2.45, 2.75) is 25.6 Å². The Bertz CT molecular complexity index is 461.